The molecule has 0 spiro atoms. The zero-order valence-electron chi connectivity index (χ0n) is 25.1. The zero-order chi connectivity index (χ0) is 32.1. The van der Waals surface area contributed by atoms with Crippen LogP contribution in [0.1, 0.15) is 59.3 Å². The highest BCUT2D eigenvalue weighted by atomic mass is 19.1. The Hall–Kier alpha value is -5.05. The van der Waals surface area contributed by atoms with Gasteiger partial charge in [-0.2, -0.15) is 0 Å². The normalized spacial score (nSPS) is 12.9. The van der Waals surface area contributed by atoms with E-state index in [4.69, 9.17) is 14.2 Å². The number of carbonyl (C=O) groups is 3. The molecule has 9 heteroatoms. The Labute approximate surface area is 260 Å². The highest BCUT2D eigenvalue weighted by Gasteiger charge is 2.31. The van der Waals surface area contributed by atoms with Crippen molar-refractivity contribution in [3.05, 3.63) is 130 Å². The lowest BCUT2D eigenvalue weighted by molar-refractivity contribution is -0.147. The topological polar surface area (TPSA) is 90.9 Å². The van der Waals surface area contributed by atoms with E-state index in [1.807, 2.05) is 54.6 Å². The molecule has 0 aliphatic heterocycles. The van der Waals surface area contributed by atoms with E-state index >= 15 is 0 Å². The van der Waals surface area contributed by atoms with E-state index in [9.17, 15) is 23.2 Å². The van der Waals surface area contributed by atoms with Crippen molar-refractivity contribution in [3.8, 4) is 11.1 Å². The Kier molecular flexibility index (Phi) is 9.27. The summed E-state index contributed by atoms with van der Waals surface area (Å²) in [6.07, 6.45) is -1.23. The Balaban J connectivity index is 1.32. The number of halogens is 2. The molecular weight excluding hydrogens is 580 g/mol. The van der Waals surface area contributed by atoms with Gasteiger partial charge in [-0.05, 0) is 66.3 Å². The third-order valence-electron chi connectivity index (χ3n) is 7.29. The van der Waals surface area contributed by atoms with Crippen LogP contribution in [0.15, 0.2) is 91.0 Å². The van der Waals surface area contributed by atoms with E-state index in [1.54, 1.807) is 45.0 Å². The first-order valence-electron chi connectivity index (χ1n) is 14.5. The SMILES string of the molecule is CC(C)(C)OC(=O)c1c(F)cc(C[C@H](NC(=O)OCC2c3ccccc3-c3ccccc32)C(=O)OCc2ccccc2)cc1F. The van der Waals surface area contributed by atoms with E-state index in [-0.39, 0.29) is 31.1 Å². The van der Waals surface area contributed by atoms with Gasteiger partial charge < -0.3 is 19.5 Å². The van der Waals surface area contributed by atoms with Gasteiger partial charge in [0.05, 0.1) is 0 Å². The van der Waals surface area contributed by atoms with Crippen molar-refractivity contribution in [1.29, 1.82) is 0 Å². The van der Waals surface area contributed by atoms with Crippen LogP contribution >= 0.6 is 0 Å². The molecule has 0 heterocycles. The fraction of sp³-hybridized carbons (Fsp3) is 0.250. The molecule has 1 amide bonds. The number of fused-ring (bicyclic) bond motifs is 3. The van der Waals surface area contributed by atoms with Gasteiger partial charge in [-0.25, -0.2) is 23.2 Å². The van der Waals surface area contributed by atoms with Gasteiger partial charge >= 0.3 is 18.0 Å². The molecule has 1 aliphatic carbocycles. The number of hydrogen-bond acceptors (Lipinski definition) is 6. The summed E-state index contributed by atoms with van der Waals surface area (Å²) in [4.78, 5) is 38.6. The summed E-state index contributed by atoms with van der Waals surface area (Å²) in [5, 5.41) is 2.51. The van der Waals surface area contributed by atoms with Crippen LogP contribution in [-0.2, 0) is 32.0 Å². The van der Waals surface area contributed by atoms with Gasteiger partial charge in [0, 0.05) is 12.3 Å². The molecule has 0 unspecified atom stereocenters. The van der Waals surface area contributed by atoms with Gasteiger partial charge in [-0.1, -0.05) is 78.9 Å². The lowest BCUT2D eigenvalue weighted by Gasteiger charge is -2.21. The minimum atomic E-state index is -1.35. The van der Waals surface area contributed by atoms with Crippen LogP contribution in [0.4, 0.5) is 13.6 Å². The van der Waals surface area contributed by atoms with Crippen molar-refractivity contribution < 1.29 is 37.4 Å². The lowest BCUT2D eigenvalue weighted by atomic mass is 9.98. The molecule has 4 aromatic carbocycles. The van der Waals surface area contributed by atoms with Crippen LogP contribution in [0.3, 0.4) is 0 Å². The Morgan fingerprint density at radius 3 is 1.91 bits per heavy atom. The maximum atomic E-state index is 15.0. The highest BCUT2D eigenvalue weighted by molar-refractivity contribution is 5.90. The predicted molar refractivity (Wildman–Crippen MR) is 163 cm³/mol. The van der Waals surface area contributed by atoms with Crippen LogP contribution in [0.25, 0.3) is 11.1 Å². The van der Waals surface area contributed by atoms with Crippen molar-refractivity contribution >= 4 is 18.0 Å². The smallest absolute Gasteiger partial charge is 0.407 e. The number of carbonyl (C=O) groups excluding carboxylic acids is 3. The first-order valence-corrected chi connectivity index (χ1v) is 14.5. The molecule has 0 fully saturated rings. The zero-order valence-corrected chi connectivity index (χ0v) is 25.1. The number of esters is 2. The van der Waals surface area contributed by atoms with E-state index in [2.05, 4.69) is 5.32 Å². The number of alkyl carbamates (subject to hydrolysis) is 1. The molecule has 5 rings (SSSR count). The van der Waals surface area contributed by atoms with Gasteiger partial charge in [0.25, 0.3) is 0 Å². The van der Waals surface area contributed by atoms with Gasteiger partial charge in [0.15, 0.2) is 0 Å². The molecule has 4 aromatic rings. The van der Waals surface area contributed by atoms with Crippen molar-refractivity contribution in [2.75, 3.05) is 6.61 Å². The largest absolute Gasteiger partial charge is 0.459 e. The number of hydrogen-bond donors (Lipinski definition) is 1. The van der Waals surface area contributed by atoms with Gasteiger partial charge in [0.2, 0.25) is 0 Å². The number of amides is 1. The Bertz CT molecular complexity index is 1650. The van der Waals surface area contributed by atoms with Gasteiger partial charge in [0.1, 0.15) is 42.1 Å². The van der Waals surface area contributed by atoms with Crippen molar-refractivity contribution in [3.63, 3.8) is 0 Å². The fourth-order valence-electron chi connectivity index (χ4n) is 5.31. The molecule has 1 N–H and O–H groups in total. The monoisotopic (exact) mass is 613 g/mol. The van der Waals surface area contributed by atoms with Gasteiger partial charge in [-0.3, -0.25) is 0 Å². The summed E-state index contributed by atoms with van der Waals surface area (Å²) in [5.41, 5.74) is 3.06. The lowest BCUT2D eigenvalue weighted by Crippen LogP contribution is -2.44. The highest BCUT2D eigenvalue weighted by Crippen LogP contribution is 2.44. The number of benzene rings is 4. The second kappa shape index (κ2) is 13.3. The second-order valence-corrected chi connectivity index (χ2v) is 11.8. The van der Waals surface area contributed by atoms with Crippen molar-refractivity contribution in [1.82, 2.24) is 5.32 Å². The molecule has 0 saturated heterocycles. The van der Waals surface area contributed by atoms with Gasteiger partial charge in [-0.15, -0.1) is 0 Å². The predicted octanol–water partition coefficient (Wildman–Crippen LogP) is 7.11. The molecule has 1 aliphatic rings. The molecule has 45 heavy (non-hydrogen) atoms. The summed E-state index contributed by atoms with van der Waals surface area (Å²) in [6.45, 7) is 4.66. The molecule has 232 valence electrons. The third kappa shape index (κ3) is 7.55. The number of nitrogens with one attached hydrogen (secondary N) is 1. The number of ether oxygens (including phenoxy) is 3. The molecular formula is C36H33F2NO6. The maximum absolute atomic E-state index is 15.0. The molecule has 0 aromatic heterocycles. The number of rotatable bonds is 9. The minimum Gasteiger partial charge on any atom is -0.459 e. The summed E-state index contributed by atoms with van der Waals surface area (Å²) in [7, 11) is 0. The summed E-state index contributed by atoms with van der Waals surface area (Å²) < 4.78 is 46.1. The van der Waals surface area contributed by atoms with E-state index in [0.29, 0.717) is 5.56 Å². The van der Waals surface area contributed by atoms with Crippen LogP contribution in [0, 0.1) is 11.6 Å². The third-order valence-corrected chi connectivity index (χ3v) is 7.29. The summed E-state index contributed by atoms with van der Waals surface area (Å²) in [5.74, 6) is -4.51. The van der Waals surface area contributed by atoms with E-state index < -0.39 is 46.9 Å². The van der Waals surface area contributed by atoms with Crippen molar-refractivity contribution in [2.45, 2.75) is 51.4 Å². The standard InChI is InChI=1S/C36H33F2NO6/c1-36(2,3)45-34(41)32-29(37)17-23(18-30(32)38)19-31(33(40)43-20-22-11-5-4-6-12-22)39-35(42)44-21-28-26-15-9-7-13-24(26)25-14-8-10-16-27(25)28/h4-18,28,31H,19-21H2,1-3H3,(H,39,42)/t31-/m0/s1. The minimum absolute atomic E-state index is 0.000511. The first kappa shape index (κ1) is 31.4. The van der Waals surface area contributed by atoms with Crippen molar-refractivity contribution in [2.24, 2.45) is 0 Å². The molecule has 0 radical (unpaired) electrons. The van der Waals surface area contributed by atoms with E-state index in [1.165, 1.54) is 0 Å². The Morgan fingerprint density at radius 2 is 1.33 bits per heavy atom. The van der Waals surface area contributed by atoms with Crippen LogP contribution in [0.5, 0.6) is 0 Å². The maximum Gasteiger partial charge on any atom is 0.407 e. The van der Waals surface area contributed by atoms with E-state index in [0.717, 1.165) is 34.4 Å². The summed E-state index contributed by atoms with van der Waals surface area (Å²) >= 11 is 0. The molecule has 1 atom stereocenters. The average Bonchev–Trinajstić information content (AvgIpc) is 3.31. The first-order chi connectivity index (χ1) is 21.5. The molecule has 0 bridgehead atoms. The summed E-state index contributed by atoms with van der Waals surface area (Å²) in [6, 6.07) is 25.1. The fourth-order valence-corrected chi connectivity index (χ4v) is 5.31. The molecule has 7 nitrogen and oxygen atoms in total. The average molecular weight is 614 g/mol. The van der Waals surface area contributed by atoms with Crippen LogP contribution < -0.4 is 5.32 Å². The van der Waals surface area contributed by atoms with Crippen LogP contribution in [0.2, 0.25) is 0 Å². The van der Waals surface area contributed by atoms with Crippen LogP contribution in [-0.4, -0.2) is 36.3 Å². The quantitative estimate of drug-likeness (QED) is 0.160. The molecule has 0 saturated carbocycles. The Morgan fingerprint density at radius 1 is 0.778 bits per heavy atom. The second-order valence-electron chi connectivity index (χ2n) is 11.8.